The molecule has 0 aliphatic carbocycles. The van der Waals surface area contributed by atoms with Crippen molar-refractivity contribution in [2.45, 2.75) is 32.4 Å². The third-order valence-corrected chi connectivity index (χ3v) is 17.4. The van der Waals surface area contributed by atoms with Gasteiger partial charge in [0.15, 0.2) is 0 Å². The summed E-state index contributed by atoms with van der Waals surface area (Å²) in [5.41, 5.74) is 6.37. The van der Waals surface area contributed by atoms with Crippen molar-refractivity contribution in [3.8, 4) is 0 Å². The van der Waals surface area contributed by atoms with Gasteiger partial charge in [-0.25, -0.2) is 0 Å². The molecule has 0 N–H and O–H groups in total. The maximum Gasteiger partial charge on any atom is 0.117 e. The van der Waals surface area contributed by atoms with E-state index in [4.69, 9.17) is 11.8 Å². The number of fused-ring (bicyclic) bond motifs is 4. The molecule has 5 aromatic carbocycles. The SMILES string of the molecule is CC1(C)c2ccccc2P(=S)(c2ccccc2)c2ccc(N3c4ccccc4[Si](C)(C)c4ccccc43)cc21. The minimum atomic E-state index is -2.22. The first-order valence-electron chi connectivity index (χ1n) is 13.7. The van der Waals surface area contributed by atoms with Crippen molar-refractivity contribution in [3.63, 3.8) is 0 Å². The lowest BCUT2D eigenvalue weighted by atomic mass is 9.77. The van der Waals surface area contributed by atoms with Gasteiger partial charge in [0.1, 0.15) is 8.07 Å². The van der Waals surface area contributed by atoms with Crippen molar-refractivity contribution in [1.29, 1.82) is 0 Å². The molecule has 0 radical (unpaired) electrons. The van der Waals surface area contributed by atoms with E-state index in [0.29, 0.717) is 0 Å². The first kappa shape index (κ1) is 24.8. The number of anilines is 3. The summed E-state index contributed by atoms with van der Waals surface area (Å²) >= 11 is 6.79. The van der Waals surface area contributed by atoms with Crippen LogP contribution in [0.3, 0.4) is 0 Å². The third-order valence-electron chi connectivity index (χ3n) is 8.92. The quantitative estimate of drug-likeness (QED) is 0.176. The van der Waals surface area contributed by atoms with Crippen molar-refractivity contribution in [2.24, 2.45) is 0 Å². The Hall–Kier alpha value is -3.23. The van der Waals surface area contributed by atoms with E-state index in [9.17, 15) is 0 Å². The van der Waals surface area contributed by atoms with Gasteiger partial charge in [0.05, 0.1) is 0 Å². The second-order valence-electron chi connectivity index (χ2n) is 11.8. The second-order valence-corrected chi connectivity index (χ2v) is 20.5. The summed E-state index contributed by atoms with van der Waals surface area (Å²) in [5, 5.41) is 6.89. The van der Waals surface area contributed by atoms with E-state index in [2.05, 4.69) is 153 Å². The molecule has 0 fully saturated rings. The van der Waals surface area contributed by atoms with Crippen LogP contribution >= 0.6 is 6.04 Å². The van der Waals surface area contributed by atoms with Crippen LogP contribution < -0.4 is 31.2 Å². The zero-order chi connectivity index (χ0) is 27.0. The van der Waals surface area contributed by atoms with Gasteiger partial charge in [0.25, 0.3) is 0 Å². The van der Waals surface area contributed by atoms with Crippen LogP contribution in [0, 0.1) is 0 Å². The van der Waals surface area contributed by atoms with Gasteiger partial charge >= 0.3 is 0 Å². The van der Waals surface area contributed by atoms with E-state index in [1.165, 1.54) is 54.5 Å². The summed E-state index contributed by atoms with van der Waals surface area (Å²) in [5.74, 6) is 0. The molecule has 1 nitrogen and oxygen atoms in total. The van der Waals surface area contributed by atoms with E-state index in [-0.39, 0.29) is 5.41 Å². The van der Waals surface area contributed by atoms with Gasteiger partial charge in [-0.1, -0.05) is 136 Å². The molecular weight excluding hydrogens is 526 g/mol. The summed E-state index contributed by atoms with van der Waals surface area (Å²) in [6, 6.07) is 42.7. The van der Waals surface area contributed by atoms with Gasteiger partial charge in [0, 0.05) is 28.5 Å². The molecule has 0 amide bonds. The van der Waals surface area contributed by atoms with E-state index < -0.39 is 14.1 Å². The number of rotatable bonds is 2. The standard InChI is InChI=1S/C35H32NPSSi/c1-35(2)27-16-8-11-19-31(27)37(38,26-14-6-5-7-15-26)32-23-22-25(24-28(32)35)36-29-17-9-12-20-33(29)39(3,4)34-21-13-10-18-30(34)36/h5-24H,1-4H3. The first-order valence-corrected chi connectivity index (χ1v) is 19.5. The fraction of sp³-hybridized carbons (Fsp3) is 0.143. The van der Waals surface area contributed by atoms with Crippen LogP contribution in [0.4, 0.5) is 17.1 Å². The minimum Gasteiger partial charge on any atom is -0.311 e. The largest absolute Gasteiger partial charge is 0.311 e. The summed E-state index contributed by atoms with van der Waals surface area (Å²) in [6.07, 6.45) is 0. The Morgan fingerprint density at radius 2 is 1.15 bits per heavy atom. The molecule has 0 saturated heterocycles. The summed E-state index contributed by atoms with van der Waals surface area (Å²) in [6.45, 7) is 9.69. The van der Waals surface area contributed by atoms with Gasteiger partial charge < -0.3 is 4.90 Å². The lowest BCUT2D eigenvalue weighted by Crippen LogP contribution is -2.58. The molecule has 2 heterocycles. The summed E-state index contributed by atoms with van der Waals surface area (Å²) in [4.78, 5) is 2.49. The number of hydrogen-bond acceptors (Lipinski definition) is 2. The highest BCUT2D eigenvalue weighted by molar-refractivity contribution is 8.25. The highest BCUT2D eigenvalue weighted by atomic mass is 32.4. The van der Waals surface area contributed by atoms with E-state index >= 15 is 0 Å². The molecule has 192 valence electrons. The van der Waals surface area contributed by atoms with Crippen LogP contribution in [-0.2, 0) is 17.2 Å². The third kappa shape index (κ3) is 3.40. The minimum absolute atomic E-state index is 0.165. The molecule has 2 aliphatic rings. The zero-order valence-electron chi connectivity index (χ0n) is 22.8. The molecule has 4 heteroatoms. The molecule has 1 unspecified atom stereocenters. The highest BCUT2D eigenvalue weighted by Crippen LogP contribution is 2.53. The van der Waals surface area contributed by atoms with Crippen LogP contribution in [0.1, 0.15) is 25.0 Å². The Kier molecular flexibility index (Phi) is 5.49. The van der Waals surface area contributed by atoms with Crippen LogP contribution in [-0.4, -0.2) is 8.07 Å². The van der Waals surface area contributed by atoms with Gasteiger partial charge in [-0.15, -0.1) is 0 Å². The zero-order valence-corrected chi connectivity index (χ0v) is 25.6. The van der Waals surface area contributed by atoms with E-state index in [0.717, 1.165) is 0 Å². The Bertz CT molecular complexity index is 1760. The van der Waals surface area contributed by atoms with Crippen LogP contribution in [0.5, 0.6) is 0 Å². The van der Waals surface area contributed by atoms with Crippen molar-refractivity contribution >= 4 is 69.3 Å². The van der Waals surface area contributed by atoms with Gasteiger partial charge in [-0.05, 0) is 61.7 Å². The average Bonchev–Trinajstić information content (AvgIpc) is 2.97. The molecule has 5 aromatic rings. The summed E-state index contributed by atoms with van der Waals surface area (Å²) < 4.78 is 0. The van der Waals surface area contributed by atoms with E-state index in [1.54, 1.807) is 0 Å². The molecule has 0 bridgehead atoms. The van der Waals surface area contributed by atoms with Crippen molar-refractivity contribution in [3.05, 3.63) is 132 Å². The van der Waals surface area contributed by atoms with Gasteiger partial charge in [-0.3, -0.25) is 0 Å². The molecular formula is C35H32NPSSi. The Labute approximate surface area is 238 Å². The predicted molar refractivity (Wildman–Crippen MR) is 176 cm³/mol. The number of benzene rings is 5. The van der Waals surface area contributed by atoms with E-state index in [1.807, 2.05) is 0 Å². The smallest absolute Gasteiger partial charge is 0.117 e. The van der Waals surface area contributed by atoms with Gasteiger partial charge in [-0.2, -0.15) is 0 Å². The molecule has 7 rings (SSSR count). The Morgan fingerprint density at radius 1 is 0.615 bits per heavy atom. The molecule has 0 saturated carbocycles. The number of hydrogen-bond donors (Lipinski definition) is 0. The van der Waals surface area contributed by atoms with Crippen LogP contribution in [0.15, 0.2) is 121 Å². The lowest BCUT2D eigenvalue weighted by molar-refractivity contribution is 0.647. The maximum absolute atomic E-state index is 6.79. The molecule has 1 atom stereocenters. The Balaban J connectivity index is 1.51. The predicted octanol–water partition coefficient (Wildman–Crippen LogP) is 6.69. The summed E-state index contributed by atoms with van der Waals surface area (Å²) in [7, 11) is -1.83. The Morgan fingerprint density at radius 3 is 1.82 bits per heavy atom. The van der Waals surface area contributed by atoms with Crippen LogP contribution in [0.25, 0.3) is 0 Å². The van der Waals surface area contributed by atoms with Crippen molar-refractivity contribution in [1.82, 2.24) is 0 Å². The van der Waals surface area contributed by atoms with Crippen molar-refractivity contribution in [2.75, 3.05) is 4.90 Å². The topological polar surface area (TPSA) is 3.24 Å². The fourth-order valence-corrected chi connectivity index (χ4v) is 14.5. The number of para-hydroxylation sites is 2. The van der Waals surface area contributed by atoms with Crippen LogP contribution in [0.2, 0.25) is 13.1 Å². The second kappa shape index (κ2) is 8.63. The average molecular weight is 558 g/mol. The monoisotopic (exact) mass is 557 g/mol. The molecule has 0 spiro atoms. The fourth-order valence-electron chi connectivity index (χ4n) is 6.85. The normalized spacial score (nSPS) is 19.8. The first-order chi connectivity index (χ1) is 18.8. The molecule has 39 heavy (non-hydrogen) atoms. The number of nitrogens with zero attached hydrogens (tertiary/aromatic N) is 1. The maximum atomic E-state index is 6.79. The van der Waals surface area contributed by atoms with Gasteiger partial charge in [0.2, 0.25) is 0 Å². The molecule has 0 aromatic heterocycles. The molecule has 2 aliphatic heterocycles. The lowest BCUT2D eigenvalue weighted by Gasteiger charge is -2.44. The highest BCUT2D eigenvalue weighted by Gasteiger charge is 2.43. The van der Waals surface area contributed by atoms with Crippen molar-refractivity contribution < 1.29 is 0 Å².